The number of halogens is 3. The highest BCUT2D eigenvalue weighted by Gasteiger charge is 2.33. The van der Waals surface area contributed by atoms with E-state index in [1.165, 1.54) is 6.26 Å². The zero-order valence-corrected chi connectivity index (χ0v) is 11.2. The summed E-state index contributed by atoms with van der Waals surface area (Å²) in [6.07, 6.45) is -3.02. The molecule has 0 saturated carbocycles. The number of nitrogens with zero attached hydrogens (tertiary/aromatic N) is 1. The van der Waals surface area contributed by atoms with Crippen LogP contribution in [0.5, 0.6) is 0 Å². The molecule has 0 unspecified atom stereocenters. The first-order chi connectivity index (χ1) is 8.74. The van der Waals surface area contributed by atoms with Crippen molar-refractivity contribution < 1.29 is 17.4 Å². The van der Waals surface area contributed by atoms with Gasteiger partial charge in [-0.1, -0.05) is 0 Å². The minimum Gasteiger partial charge on any atom is -0.381 e. The Hall–Kier alpha value is -1.55. The summed E-state index contributed by atoms with van der Waals surface area (Å²) >= 11 is 0. The number of alkyl halides is 3. The quantitative estimate of drug-likeness (QED) is 0.927. The second kappa shape index (κ2) is 6.06. The summed E-state index contributed by atoms with van der Waals surface area (Å²) in [4.78, 5) is 0. The van der Waals surface area contributed by atoms with E-state index in [0.29, 0.717) is 0 Å². The van der Waals surface area contributed by atoms with Crippen molar-refractivity contribution in [2.45, 2.75) is 19.1 Å². The van der Waals surface area contributed by atoms with E-state index in [4.69, 9.17) is 5.26 Å². The van der Waals surface area contributed by atoms with E-state index in [1.807, 2.05) is 0 Å². The normalized spacial score (nSPS) is 14.5. The van der Waals surface area contributed by atoms with E-state index in [9.17, 15) is 17.4 Å². The monoisotopic (exact) mass is 290 g/mol. The van der Waals surface area contributed by atoms with Gasteiger partial charge in [0.15, 0.2) is 0 Å². The van der Waals surface area contributed by atoms with Crippen LogP contribution in [0.3, 0.4) is 0 Å². The van der Waals surface area contributed by atoms with Crippen molar-refractivity contribution in [3.8, 4) is 6.07 Å². The Bertz CT molecular complexity index is 523. The maximum Gasteiger partial charge on any atom is 0.418 e. The van der Waals surface area contributed by atoms with E-state index < -0.39 is 22.5 Å². The van der Waals surface area contributed by atoms with Crippen LogP contribution in [0.1, 0.15) is 18.1 Å². The van der Waals surface area contributed by atoms with Gasteiger partial charge in [-0.25, -0.2) is 0 Å². The summed E-state index contributed by atoms with van der Waals surface area (Å²) in [7, 11) is -1.11. The second-order valence-electron chi connectivity index (χ2n) is 4.16. The van der Waals surface area contributed by atoms with Gasteiger partial charge in [-0.3, -0.25) is 4.21 Å². The van der Waals surface area contributed by atoms with Gasteiger partial charge in [0.1, 0.15) is 0 Å². The van der Waals surface area contributed by atoms with Crippen LogP contribution in [0.15, 0.2) is 18.2 Å². The number of nitriles is 1. The second-order valence-corrected chi connectivity index (χ2v) is 5.63. The summed E-state index contributed by atoms with van der Waals surface area (Å²) in [5.74, 6) is 0.230. The average Bonchev–Trinajstić information content (AvgIpc) is 2.25. The molecule has 1 aromatic rings. The molecular weight excluding hydrogens is 277 g/mol. The van der Waals surface area contributed by atoms with E-state index in [-0.39, 0.29) is 23.0 Å². The van der Waals surface area contributed by atoms with Crippen molar-refractivity contribution >= 4 is 16.5 Å². The third kappa shape index (κ3) is 4.56. The zero-order valence-electron chi connectivity index (χ0n) is 10.4. The molecule has 3 nitrogen and oxygen atoms in total. The Morgan fingerprint density at radius 1 is 1.47 bits per heavy atom. The number of anilines is 1. The van der Waals surface area contributed by atoms with Crippen LogP contribution < -0.4 is 5.32 Å². The van der Waals surface area contributed by atoms with Gasteiger partial charge in [0.25, 0.3) is 0 Å². The zero-order chi connectivity index (χ0) is 14.6. The minimum atomic E-state index is -4.50. The molecule has 0 saturated heterocycles. The summed E-state index contributed by atoms with van der Waals surface area (Å²) in [6.45, 7) is 1.64. The summed E-state index contributed by atoms with van der Waals surface area (Å²) < 4.78 is 49.5. The first-order valence-electron chi connectivity index (χ1n) is 5.42. The molecule has 0 radical (unpaired) electrons. The van der Waals surface area contributed by atoms with Crippen molar-refractivity contribution in [1.29, 1.82) is 5.26 Å². The van der Waals surface area contributed by atoms with Crippen molar-refractivity contribution in [2.24, 2.45) is 0 Å². The molecule has 1 N–H and O–H groups in total. The van der Waals surface area contributed by atoms with Gasteiger partial charge in [-0.2, -0.15) is 18.4 Å². The van der Waals surface area contributed by atoms with E-state index >= 15 is 0 Å². The molecular formula is C12H13F3N2OS. The van der Waals surface area contributed by atoms with Gasteiger partial charge < -0.3 is 5.32 Å². The van der Waals surface area contributed by atoms with Gasteiger partial charge >= 0.3 is 6.18 Å². The maximum absolute atomic E-state index is 12.8. The van der Waals surface area contributed by atoms with Crippen LogP contribution in [0.2, 0.25) is 0 Å². The Morgan fingerprint density at radius 2 is 2.11 bits per heavy atom. The third-order valence-electron chi connectivity index (χ3n) is 2.34. The molecule has 0 aromatic heterocycles. The molecule has 0 fully saturated rings. The lowest BCUT2D eigenvalue weighted by molar-refractivity contribution is -0.137. The van der Waals surface area contributed by atoms with Crippen molar-refractivity contribution in [1.82, 2.24) is 0 Å². The Labute approximate surface area is 111 Å². The van der Waals surface area contributed by atoms with E-state index in [0.717, 1.165) is 18.2 Å². The van der Waals surface area contributed by atoms with Crippen LogP contribution in [0, 0.1) is 11.3 Å². The fourth-order valence-corrected chi connectivity index (χ4v) is 2.43. The highest BCUT2D eigenvalue weighted by atomic mass is 32.2. The molecule has 19 heavy (non-hydrogen) atoms. The molecule has 2 atom stereocenters. The van der Waals surface area contributed by atoms with Crippen LogP contribution in [0.25, 0.3) is 0 Å². The Kier molecular flexibility index (Phi) is 4.95. The Balaban J connectivity index is 3.09. The Morgan fingerprint density at radius 3 is 2.58 bits per heavy atom. The number of hydrogen-bond donors (Lipinski definition) is 1. The van der Waals surface area contributed by atoms with Gasteiger partial charge in [-0.05, 0) is 25.1 Å². The van der Waals surface area contributed by atoms with Crippen LogP contribution >= 0.6 is 0 Å². The number of rotatable bonds is 4. The fourth-order valence-electron chi connectivity index (χ4n) is 1.64. The lowest BCUT2D eigenvalue weighted by Crippen LogP contribution is -2.24. The van der Waals surface area contributed by atoms with Gasteiger partial charge in [0.05, 0.1) is 17.2 Å². The third-order valence-corrected chi connectivity index (χ3v) is 3.31. The lowest BCUT2D eigenvalue weighted by atomic mass is 10.1. The van der Waals surface area contributed by atoms with Crippen LogP contribution in [0.4, 0.5) is 18.9 Å². The topological polar surface area (TPSA) is 52.9 Å². The molecule has 104 valence electrons. The molecule has 0 bridgehead atoms. The predicted molar refractivity (Wildman–Crippen MR) is 68.2 cm³/mol. The maximum atomic E-state index is 12.8. The highest BCUT2D eigenvalue weighted by Crippen LogP contribution is 2.35. The molecule has 0 aliphatic heterocycles. The predicted octanol–water partition coefficient (Wildman–Crippen LogP) is 2.76. The molecule has 0 amide bonds. The lowest BCUT2D eigenvalue weighted by Gasteiger charge is -2.19. The minimum absolute atomic E-state index is 0.139. The van der Waals surface area contributed by atoms with Gasteiger partial charge in [0, 0.05) is 34.5 Å². The standard InChI is InChI=1S/C12H13F3N2OS/c1-8(7-19(2)18)17-11-5-9(6-16)3-4-10(11)12(13,14)15/h3-5,8,17H,7H2,1-2H3/t8-,19-/m0/s1. The average molecular weight is 290 g/mol. The number of benzene rings is 1. The van der Waals surface area contributed by atoms with Gasteiger partial charge in [0.2, 0.25) is 0 Å². The van der Waals surface area contributed by atoms with E-state index in [1.54, 1.807) is 13.0 Å². The van der Waals surface area contributed by atoms with E-state index in [2.05, 4.69) is 5.32 Å². The summed E-state index contributed by atoms with van der Waals surface area (Å²) in [5.41, 5.74) is -0.856. The summed E-state index contributed by atoms with van der Waals surface area (Å²) in [5, 5.41) is 11.4. The molecule has 1 aromatic carbocycles. The number of nitrogens with one attached hydrogen (secondary N) is 1. The van der Waals surface area contributed by atoms with Crippen LogP contribution in [-0.2, 0) is 17.0 Å². The molecule has 0 aliphatic rings. The molecule has 0 heterocycles. The largest absolute Gasteiger partial charge is 0.418 e. The first-order valence-corrected chi connectivity index (χ1v) is 7.14. The molecule has 1 rings (SSSR count). The van der Waals surface area contributed by atoms with Gasteiger partial charge in [-0.15, -0.1) is 0 Å². The van der Waals surface area contributed by atoms with Crippen molar-refractivity contribution in [2.75, 3.05) is 17.3 Å². The van der Waals surface area contributed by atoms with Crippen molar-refractivity contribution in [3.63, 3.8) is 0 Å². The first kappa shape index (κ1) is 15.5. The number of hydrogen-bond acceptors (Lipinski definition) is 3. The smallest absolute Gasteiger partial charge is 0.381 e. The van der Waals surface area contributed by atoms with Crippen molar-refractivity contribution in [3.05, 3.63) is 29.3 Å². The highest BCUT2D eigenvalue weighted by molar-refractivity contribution is 7.84. The SMILES string of the molecule is C[C@@H](C[S@](C)=O)Nc1cc(C#N)ccc1C(F)(F)F. The summed E-state index contributed by atoms with van der Waals surface area (Å²) in [6, 6.07) is 4.55. The van der Waals surface area contributed by atoms with Crippen LogP contribution in [-0.4, -0.2) is 22.3 Å². The molecule has 0 spiro atoms. The molecule has 7 heteroatoms. The fraction of sp³-hybridized carbons (Fsp3) is 0.417. The molecule has 0 aliphatic carbocycles.